The van der Waals surface area contributed by atoms with Crippen molar-refractivity contribution in [2.24, 2.45) is 5.73 Å². The Morgan fingerprint density at radius 3 is 2.70 bits per heavy atom. The molecule has 27 heavy (non-hydrogen) atoms. The van der Waals surface area contributed by atoms with E-state index in [-0.39, 0.29) is 5.75 Å². The van der Waals surface area contributed by atoms with Crippen LogP contribution >= 0.6 is 0 Å². The summed E-state index contributed by atoms with van der Waals surface area (Å²) in [5.74, 6) is 2.13. The predicted octanol–water partition coefficient (Wildman–Crippen LogP) is 3.05. The molecule has 7 heteroatoms. The fraction of sp³-hybridized carbons (Fsp3) is 0.200. The van der Waals surface area contributed by atoms with E-state index in [9.17, 15) is 4.79 Å². The molecule has 1 amide bonds. The summed E-state index contributed by atoms with van der Waals surface area (Å²) < 4.78 is 10.1. The number of nitrogens with zero attached hydrogens (tertiary/aromatic N) is 2. The summed E-state index contributed by atoms with van der Waals surface area (Å²) in [5, 5.41) is 7.19. The molecule has 3 rings (SSSR count). The van der Waals surface area contributed by atoms with Gasteiger partial charge in [-0.05, 0) is 36.1 Å². The van der Waals surface area contributed by atoms with E-state index < -0.39 is 6.09 Å². The van der Waals surface area contributed by atoms with Crippen molar-refractivity contribution in [3.63, 3.8) is 0 Å². The molecule has 3 aromatic rings. The summed E-state index contributed by atoms with van der Waals surface area (Å²) in [6.45, 7) is 0. The molecule has 0 aliphatic rings. The highest BCUT2D eigenvalue weighted by molar-refractivity contribution is 5.69. The molecule has 3 N–H and O–H groups in total. The lowest BCUT2D eigenvalue weighted by atomic mass is 10.1. The van der Waals surface area contributed by atoms with E-state index >= 15 is 0 Å². The molecule has 7 nitrogen and oxygen atoms in total. The number of H-pyrrole nitrogens is 1. The van der Waals surface area contributed by atoms with E-state index in [1.54, 1.807) is 12.1 Å². The number of hydrogen-bond acceptors (Lipinski definition) is 5. The average molecular weight is 365 g/mol. The highest BCUT2D eigenvalue weighted by Gasteiger charge is 2.11. The van der Waals surface area contributed by atoms with Crippen LogP contribution in [0.25, 0.3) is 0 Å². The molecular formula is C20H21N4O3. The van der Waals surface area contributed by atoms with Crippen LogP contribution in [0.2, 0.25) is 0 Å². The van der Waals surface area contributed by atoms with Gasteiger partial charge in [-0.2, -0.15) is 5.10 Å². The molecule has 0 unspecified atom stereocenters. The number of aromatic amines is 1. The molecule has 1 radical (unpaired) electrons. The number of nitrogens with one attached hydrogen (secondary N) is 1. The molecule has 0 saturated carbocycles. The predicted molar refractivity (Wildman–Crippen MR) is 101 cm³/mol. The van der Waals surface area contributed by atoms with E-state index in [0.717, 1.165) is 24.2 Å². The molecule has 0 aliphatic carbocycles. The molecule has 0 bridgehead atoms. The van der Waals surface area contributed by atoms with Crippen molar-refractivity contribution in [2.75, 3.05) is 7.11 Å². The first-order valence-electron chi connectivity index (χ1n) is 8.56. The van der Waals surface area contributed by atoms with Gasteiger partial charge in [-0.1, -0.05) is 36.4 Å². The van der Waals surface area contributed by atoms with Crippen LogP contribution in [0, 0.1) is 6.42 Å². The minimum absolute atomic E-state index is 0.277. The standard InChI is InChI=1S/C20H21N4O3/c1-26-17-12-15(10-11-16(17)27-20(21)25)13-19-22-18(23-24-19)9-5-8-14-6-3-2-4-7-14/h2-4,6-7,9-12H,5,8,13H2,1H3,(H2,21,25)(H,22,23,24). The average Bonchev–Trinajstić information content (AvgIpc) is 3.10. The smallest absolute Gasteiger partial charge is 0.410 e. The maximum absolute atomic E-state index is 10.9. The second-order valence-electron chi connectivity index (χ2n) is 5.95. The zero-order valence-electron chi connectivity index (χ0n) is 15.0. The molecular weight excluding hydrogens is 344 g/mol. The van der Waals surface area contributed by atoms with Gasteiger partial charge in [-0.25, -0.2) is 9.78 Å². The molecule has 0 fully saturated rings. The zero-order chi connectivity index (χ0) is 19.1. The van der Waals surface area contributed by atoms with Gasteiger partial charge >= 0.3 is 6.09 Å². The summed E-state index contributed by atoms with van der Waals surface area (Å²) in [6, 6.07) is 15.5. The van der Waals surface area contributed by atoms with Gasteiger partial charge in [0.1, 0.15) is 5.82 Å². The Kier molecular flexibility index (Phi) is 6.04. The van der Waals surface area contributed by atoms with E-state index in [2.05, 4.69) is 27.3 Å². The number of aromatic nitrogens is 3. The van der Waals surface area contributed by atoms with Gasteiger partial charge in [0.05, 0.1) is 7.11 Å². The number of benzene rings is 2. The Hall–Kier alpha value is -3.35. The normalized spacial score (nSPS) is 10.6. The van der Waals surface area contributed by atoms with Crippen molar-refractivity contribution in [3.05, 3.63) is 77.7 Å². The number of rotatable bonds is 8. The number of carbonyl (C=O) groups excluding carboxylic acids is 1. The van der Waals surface area contributed by atoms with Crippen LogP contribution in [-0.2, 0) is 12.8 Å². The third-order valence-corrected chi connectivity index (χ3v) is 3.96. The van der Waals surface area contributed by atoms with Crippen LogP contribution < -0.4 is 15.2 Å². The van der Waals surface area contributed by atoms with Crippen LogP contribution in [0.1, 0.15) is 29.2 Å². The monoisotopic (exact) mass is 365 g/mol. The first-order valence-corrected chi connectivity index (χ1v) is 8.56. The number of nitrogens with two attached hydrogens (primary N) is 1. The van der Waals surface area contributed by atoms with Gasteiger partial charge < -0.3 is 15.2 Å². The highest BCUT2D eigenvalue weighted by atomic mass is 16.6. The van der Waals surface area contributed by atoms with Crippen molar-refractivity contribution >= 4 is 6.09 Å². The Bertz CT molecular complexity index is 893. The fourth-order valence-corrected chi connectivity index (χ4v) is 2.70. The van der Waals surface area contributed by atoms with Gasteiger partial charge in [0.2, 0.25) is 0 Å². The first kappa shape index (κ1) is 18.4. The van der Waals surface area contributed by atoms with Crippen molar-refractivity contribution in [2.45, 2.75) is 19.3 Å². The molecule has 2 aromatic carbocycles. The first-order chi connectivity index (χ1) is 13.1. The summed E-state index contributed by atoms with van der Waals surface area (Å²) in [5.41, 5.74) is 7.26. The number of ether oxygens (including phenoxy) is 2. The lowest BCUT2D eigenvalue weighted by molar-refractivity contribution is 0.208. The van der Waals surface area contributed by atoms with Gasteiger partial charge in [0, 0.05) is 12.8 Å². The zero-order valence-corrected chi connectivity index (χ0v) is 15.0. The summed E-state index contributed by atoms with van der Waals surface area (Å²) in [4.78, 5) is 15.4. The quantitative estimate of drug-likeness (QED) is 0.639. The SMILES string of the molecule is COc1cc(Cc2n[nH]c([CH]CCc3ccccc3)n2)ccc1OC(N)=O. The second-order valence-corrected chi connectivity index (χ2v) is 5.95. The highest BCUT2D eigenvalue weighted by Crippen LogP contribution is 2.28. The Balaban J connectivity index is 1.57. The van der Waals surface area contributed by atoms with E-state index in [4.69, 9.17) is 15.2 Å². The lowest BCUT2D eigenvalue weighted by Gasteiger charge is -2.09. The number of methoxy groups -OCH3 is 1. The summed E-state index contributed by atoms with van der Waals surface area (Å²) >= 11 is 0. The number of aryl methyl sites for hydroxylation is 1. The number of hydrogen-bond donors (Lipinski definition) is 2. The van der Waals surface area contributed by atoms with Crippen LogP contribution in [0.4, 0.5) is 4.79 Å². The Morgan fingerprint density at radius 2 is 1.96 bits per heavy atom. The third kappa shape index (κ3) is 5.31. The van der Waals surface area contributed by atoms with Gasteiger partial charge in [0.15, 0.2) is 17.3 Å². The van der Waals surface area contributed by atoms with E-state index in [0.29, 0.717) is 18.0 Å². The molecule has 0 saturated heterocycles. The molecule has 0 aliphatic heterocycles. The molecule has 0 spiro atoms. The van der Waals surface area contributed by atoms with Crippen molar-refractivity contribution < 1.29 is 14.3 Å². The molecule has 1 heterocycles. The van der Waals surface area contributed by atoms with Crippen molar-refractivity contribution in [3.8, 4) is 11.5 Å². The van der Waals surface area contributed by atoms with Crippen LogP contribution in [0.15, 0.2) is 48.5 Å². The molecule has 139 valence electrons. The van der Waals surface area contributed by atoms with Crippen molar-refractivity contribution in [1.82, 2.24) is 15.2 Å². The summed E-state index contributed by atoms with van der Waals surface area (Å²) in [6.07, 6.45) is 3.51. The van der Waals surface area contributed by atoms with Gasteiger partial charge in [-0.15, -0.1) is 0 Å². The van der Waals surface area contributed by atoms with Crippen molar-refractivity contribution in [1.29, 1.82) is 0 Å². The van der Waals surface area contributed by atoms with Gasteiger partial charge in [0.25, 0.3) is 0 Å². The van der Waals surface area contributed by atoms with Crippen LogP contribution in [0.5, 0.6) is 11.5 Å². The maximum atomic E-state index is 10.9. The summed E-state index contributed by atoms with van der Waals surface area (Å²) in [7, 11) is 1.50. The maximum Gasteiger partial charge on any atom is 0.410 e. The second kappa shape index (κ2) is 8.84. The Morgan fingerprint density at radius 1 is 1.15 bits per heavy atom. The van der Waals surface area contributed by atoms with E-state index in [1.165, 1.54) is 12.7 Å². The number of amides is 1. The number of carbonyl (C=O) groups is 1. The fourth-order valence-electron chi connectivity index (χ4n) is 2.70. The molecule has 1 aromatic heterocycles. The minimum Gasteiger partial charge on any atom is -0.493 e. The third-order valence-electron chi connectivity index (χ3n) is 3.96. The van der Waals surface area contributed by atoms with Gasteiger partial charge in [-0.3, -0.25) is 5.10 Å². The Labute approximate surface area is 157 Å². The minimum atomic E-state index is -0.884. The van der Waals surface area contributed by atoms with Crippen LogP contribution in [0.3, 0.4) is 0 Å². The van der Waals surface area contributed by atoms with Crippen LogP contribution in [-0.4, -0.2) is 28.4 Å². The number of primary amides is 1. The van der Waals surface area contributed by atoms with E-state index in [1.807, 2.05) is 30.7 Å². The lowest BCUT2D eigenvalue weighted by Crippen LogP contribution is -2.16. The molecule has 0 atom stereocenters. The topological polar surface area (TPSA) is 103 Å². The largest absolute Gasteiger partial charge is 0.493 e.